The van der Waals surface area contributed by atoms with Gasteiger partial charge in [-0.15, -0.1) is 10.2 Å². The molecule has 3 nitrogen and oxygen atoms in total. The molecule has 1 aromatic rings. The van der Waals surface area contributed by atoms with Crippen molar-refractivity contribution in [1.29, 1.82) is 0 Å². The van der Waals surface area contributed by atoms with E-state index in [9.17, 15) is 0 Å². The summed E-state index contributed by atoms with van der Waals surface area (Å²) < 4.78 is 1.99. The summed E-state index contributed by atoms with van der Waals surface area (Å²) >= 11 is 4.86. The lowest BCUT2D eigenvalue weighted by Gasteiger charge is -1.97. The van der Waals surface area contributed by atoms with Gasteiger partial charge in [0.25, 0.3) is 0 Å². The minimum Gasteiger partial charge on any atom is -0.327 e. The quantitative estimate of drug-likeness (QED) is 0.621. The highest BCUT2D eigenvalue weighted by Gasteiger charge is 2.03. The van der Waals surface area contributed by atoms with Crippen molar-refractivity contribution in [2.45, 2.75) is 8.68 Å². The molecule has 0 aliphatic heterocycles. The molecule has 0 bridgehead atoms. The van der Waals surface area contributed by atoms with Crippen LogP contribution < -0.4 is 5.73 Å². The van der Waals surface area contributed by atoms with Crippen molar-refractivity contribution >= 4 is 34.9 Å². The maximum Gasteiger partial charge on any atom is 0.175 e. The van der Waals surface area contributed by atoms with Gasteiger partial charge in [0.2, 0.25) is 0 Å². The first kappa shape index (κ1) is 11.0. The molecule has 0 amide bonds. The molecule has 6 heteroatoms. The van der Waals surface area contributed by atoms with Gasteiger partial charge in [0.1, 0.15) is 0 Å². The molecule has 0 aromatic carbocycles. The second-order valence-electron chi connectivity index (χ2n) is 2.28. The van der Waals surface area contributed by atoms with Crippen LogP contribution in [0, 0.1) is 0 Å². The third-order valence-electron chi connectivity index (χ3n) is 1.25. The predicted octanol–water partition coefficient (Wildman–Crippen LogP) is 1.87. The van der Waals surface area contributed by atoms with Crippen LogP contribution in [-0.4, -0.2) is 28.8 Å². The third kappa shape index (κ3) is 3.68. The number of hydrogen-bond acceptors (Lipinski definition) is 6. The van der Waals surface area contributed by atoms with Gasteiger partial charge in [0.15, 0.2) is 8.68 Å². The SMILES string of the molecule is C=C(CN)CSc1nnc(SC)s1. The summed E-state index contributed by atoms with van der Waals surface area (Å²) in [7, 11) is 0. The number of hydrogen-bond donors (Lipinski definition) is 1. The van der Waals surface area contributed by atoms with Crippen molar-refractivity contribution in [3.63, 3.8) is 0 Å². The van der Waals surface area contributed by atoms with E-state index in [1.807, 2.05) is 6.26 Å². The molecular formula is C7H11N3S3. The molecule has 0 atom stereocenters. The summed E-state index contributed by atoms with van der Waals surface area (Å²) in [6.45, 7) is 4.36. The van der Waals surface area contributed by atoms with E-state index in [0.29, 0.717) is 6.54 Å². The zero-order chi connectivity index (χ0) is 9.68. The Kier molecular flexibility index (Phi) is 4.79. The van der Waals surface area contributed by atoms with E-state index >= 15 is 0 Å². The topological polar surface area (TPSA) is 51.8 Å². The van der Waals surface area contributed by atoms with Gasteiger partial charge in [0, 0.05) is 12.3 Å². The minimum absolute atomic E-state index is 0.543. The Balaban J connectivity index is 2.41. The number of aromatic nitrogens is 2. The standard InChI is InChI=1S/C7H11N3S3/c1-5(3-8)4-12-7-10-9-6(11-2)13-7/h1,3-4,8H2,2H3. The van der Waals surface area contributed by atoms with Crippen LogP contribution in [0.15, 0.2) is 20.8 Å². The molecule has 1 rings (SSSR count). The molecule has 2 N–H and O–H groups in total. The molecule has 0 fully saturated rings. The second kappa shape index (κ2) is 5.64. The first-order valence-electron chi connectivity index (χ1n) is 3.63. The highest BCUT2D eigenvalue weighted by atomic mass is 32.2. The monoisotopic (exact) mass is 233 g/mol. The average Bonchev–Trinajstić information content (AvgIpc) is 2.61. The van der Waals surface area contributed by atoms with Crippen LogP contribution in [0.4, 0.5) is 0 Å². The van der Waals surface area contributed by atoms with Crippen LogP contribution in [0.5, 0.6) is 0 Å². The molecule has 0 aliphatic carbocycles. The lowest BCUT2D eigenvalue weighted by molar-refractivity contribution is 0.956. The van der Waals surface area contributed by atoms with E-state index in [1.54, 1.807) is 34.9 Å². The maximum absolute atomic E-state index is 5.42. The molecular weight excluding hydrogens is 222 g/mol. The number of nitrogens with zero attached hydrogens (tertiary/aromatic N) is 2. The van der Waals surface area contributed by atoms with Gasteiger partial charge in [0.05, 0.1) is 0 Å². The van der Waals surface area contributed by atoms with Crippen molar-refractivity contribution in [1.82, 2.24) is 10.2 Å². The van der Waals surface area contributed by atoms with Gasteiger partial charge in [-0.25, -0.2) is 0 Å². The number of rotatable bonds is 5. The van der Waals surface area contributed by atoms with Gasteiger partial charge < -0.3 is 5.73 Å². The highest BCUT2D eigenvalue weighted by molar-refractivity contribution is 8.03. The lowest BCUT2D eigenvalue weighted by atomic mass is 10.4. The summed E-state index contributed by atoms with van der Waals surface area (Å²) in [5, 5.41) is 8.01. The Bertz CT molecular complexity index is 284. The highest BCUT2D eigenvalue weighted by Crippen LogP contribution is 2.27. The summed E-state index contributed by atoms with van der Waals surface area (Å²) in [5.41, 5.74) is 6.45. The molecule has 0 saturated carbocycles. The van der Waals surface area contributed by atoms with E-state index in [-0.39, 0.29) is 0 Å². The number of nitrogens with two attached hydrogens (primary N) is 1. The third-order valence-corrected chi connectivity index (χ3v) is 4.43. The Morgan fingerprint density at radius 3 is 2.77 bits per heavy atom. The molecule has 1 aromatic heterocycles. The minimum atomic E-state index is 0.543. The molecule has 0 spiro atoms. The second-order valence-corrected chi connectivity index (χ2v) is 5.53. The fourth-order valence-electron chi connectivity index (χ4n) is 0.561. The van der Waals surface area contributed by atoms with Crippen LogP contribution in [-0.2, 0) is 0 Å². The molecule has 13 heavy (non-hydrogen) atoms. The molecule has 0 saturated heterocycles. The van der Waals surface area contributed by atoms with Gasteiger partial charge in [-0.1, -0.05) is 47.0 Å². The first-order valence-corrected chi connectivity index (χ1v) is 6.66. The van der Waals surface area contributed by atoms with Crippen molar-refractivity contribution in [2.75, 3.05) is 18.6 Å². The van der Waals surface area contributed by atoms with E-state index in [0.717, 1.165) is 20.0 Å². The van der Waals surface area contributed by atoms with E-state index in [4.69, 9.17) is 5.73 Å². The summed E-state index contributed by atoms with van der Waals surface area (Å²) in [6, 6.07) is 0. The molecule has 0 aliphatic rings. The van der Waals surface area contributed by atoms with Crippen molar-refractivity contribution < 1.29 is 0 Å². The normalized spacial score (nSPS) is 10.3. The Morgan fingerprint density at radius 2 is 2.23 bits per heavy atom. The van der Waals surface area contributed by atoms with E-state index < -0.39 is 0 Å². The smallest absolute Gasteiger partial charge is 0.175 e. The van der Waals surface area contributed by atoms with Crippen LogP contribution in [0.1, 0.15) is 0 Å². The zero-order valence-electron chi connectivity index (χ0n) is 7.32. The van der Waals surface area contributed by atoms with Crippen molar-refractivity contribution in [2.24, 2.45) is 5.73 Å². The van der Waals surface area contributed by atoms with Crippen molar-refractivity contribution in [3.05, 3.63) is 12.2 Å². The largest absolute Gasteiger partial charge is 0.327 e. The lowest BCUT2D eigenvalue weighted by Crippen LogP contribution is -2.03. The molecule has 0 unspecified atom stereocenters. The van der Waals surface area contributed by atoms with Gasteiger partial charge in [-0.3, -0.25) is 0 Å². The van der Waals surface area contributed by atoms with Crippen LogP contribution in [0.3, 0.4) is 0 Å². The van der Waals surface area contributed by atoms with Crippen molar-refractivity contribution in [3.8, 4) is 0 Å². The van der Waals surface area contributed by atoms with Crippen LogP contribution in [0.25, 0.3) is 0 Å². The Hall–Kier alpha value is -0.0400. The fraction of sp³-hybridized carbons (Fsp3) is 0.429. The first-order chi connectivity index (χ1) is 6.26. The summed E-state index contributed by atoms with van der Waals surface area (Å²) in [4.78, 5) is 0. The zero-order valence-corrected chi connectivity index (χ0v) is 9.77. The summed E-state index contributed by atoms with van der Waals surface area (Å²) in [6.07, 6.45) is 1.99. The van der Waals surface area contributed by atoms with Gasteiger partial charge in [-0.2, -0.15) is 0 Å². The average molecular weight is 233 g/mol. The van der Waals surface area contributed by atoms with Crippen LogP contribution in [0.2, 0.25) is 0 Å². The van der Waals surface area contributed by atoms with Gasteiger partial charge in [-0.05, 0) is 6.26 Å². The molecule has 1 heterocycles. The molecule has 72 valence electrons. The van der Waals surface area contributed by atoms with Crippen LogP contribution >= 0.6 is 34.9 Å². The fourth-order valence-corrected chi connectivity index (χ4v) is 2.92. The maximum atomic E-state index is 5.42. The predicted molar refractivity (Wildman–Crippen MR) is 60.6 cm³/mol. The van der Waals surface area contributed by atoms with Gasteiger partial charge >= 0.3 is 0 Å². The Labute approximate surface area is 90.2 Å². The molecule has 0 radical (unpaired) electrons. The Morgan fingerprint density at radius 1 is 1.54 bits per heavy atom. The van der Waals surface area contributed by atoms with E-state index in [1.165, 1.54) is 0 Å². The number of thioether (sulfide) groups is 2. The van der Waals surface area contributed by atoms with E-state index in [2.05, 4.69) is 16.8 Å². The summed E-state index contributed by atoms with van der Waals surface area (Å²) in [5.74, 6) is 0.833.